The van der Waals surface area contributed by atoms with E-state index in [2.05, 4.69) is 34.1 Å². The van der Waals surface area contributed by atoms with E-state index in [0.717, 1.165) is 0 Å². The molecule has 0 radical (unpaired) electrons. The molecule has 5 heteroatoms. The molecule has 0 rings (SSSR count). The quantitative estimate of drug-likeness (QED) is 0.377. The van der Waals surface area contributed by atoms with Gasteiger partial charge in [-0.2, -0.15) is 10.2 Å². The molecule has 0 fully saturated rings. The molecule has 0 aliphatic carbocycles. The van der Waals surface area contributed by atoms with Gasteiger partial charge < -0.3 is 0 Å². The van der Waals surface area contributed by atoms with E-state index in [4.69, 9.17) is 5.53 Å². The Kier molecular flexibility index (Phi) is 4.75. The highest BCUT2D eigenvalue weighted by Gasteiger charge is 2.24. The molecule has 1 atom stereocenters. The number of rotatable bonds is 4. The molecule has 15 heavy (non-hydrogen) atoms. The molecule has 0 heterocycles. The van der Waals surface area contributed by atoms with Crippen LogP contribution in [-0.2, 0) is 0 Å². The molecule has 86 valence electrons. The monoisotopic (exact) mass is 211 g/mol. The third-order valence-corrected chi connectivity index (χ3v) is 1.62. The molecule has 5 nitrogen and oxygen atoms in total. The Morgan fingerprint density at radius 1 is 1.13 bits per heavy atom. The van der Waals surface area contributed by atoms with Crippen LogP contribution in [0.5, 0.6) is 0 Å². The first-order chi connectivity index (χ1) is 6.68. The molecule has 0 aliphatic rings. The van der Waals surface area contributed by atoms with Crippen LogP contribution in [-0.4, -0.2) is 11.2 Å². The van der Waals surface area contributed by atoms with Gasteiger partial charge in [-0.1, -0.05) is 19.0 Å². The summed E-state index contributed by atoms with van der Waals surface area (Å²) in [5.41, 5.74) is 7.51. The van der Waals surface area contributed by atoms with Crippen molar-refractivity contribution in [1.29, 1.82) is 0 Å². The zero-order valence-electron chi connectivity index (χ0n) is 10.5. The van der Waals surface area contributed by atoms with Crippen molar-refractivity contribution >= 4 is 0 Å². The van der Waals surface area contributed by atoms with Gasteiger partial charge in [-0.15, -0.1) is 0 Å². The van der Waals surface area contributed by atoms with Gasteiger partial charge in [-0.25, -0.2) is 0 Å². The van der Waals surface area contributed by atoms with Gasteiger partial charge in [0.25, 0.3) is 0 Å². The summed E-state index contributed by atoms with van der Waals surface area (Å²) in [4.78, 5) is 2.83. The van der Waals surface area contributed by atoms with Crippen LogP contribution >= 0.6 is 0 Å². The topological polar surface area (TPSA) is 73.5 Å². The normalized spacial score (nSPS) is 16.5. The van der Waals surface area contributed by atoms with Crippen molar-refractivity contribution in [1.82, 2.24) is 0 Å². The number of azide groups is 1. The van der Waals surface area contributed by atoms with Gasteiger partial charge in [0.15, 0.2) is 5.66 Å². The van der Waals surface area contributed by atoms with E-state index in [-0.39, 0.29) is 5.54 Å². The molecular formula is C10H21N5. The minimum atomic E-state index is -0.754. The summed E-state index contributed by atoms with van der Waals surface area (Å²) in [6.07, 6.45) is 0.705. The average Bonchev–Trinajstić information content (AvgIpc) is 1.99. The van der Waals surface area contributed by atoms with E-state index in [9.17, 15) is 0 Å². The van der Waals surface area contributed by atoms with Gasteiger partial charge in [0.05, 0.1) is 5.54 Å². The Bertz CT molecular complexity index is 270. The molecule has 0 aliphatic heterocycles. The van der Waals surface area contributed by atoms with Crippen molar-refractivity contribution < 1.29 is 0 Å². The van der Waals surface area contributed by atoms with Crippen LogP contribution in [0.4, 0.5) is 0 Å². The van der Waals surface area contributed by atoms with Crippen LogP contribution in [0, 0.1) is 5.92 Å². The van der Waals surface area contributed by atoms with E-state index in [0.29, 0.717) is 12.3 Å². The molecular weight excluding hydrogens is 190 g/mol. The first-order valence-corrected chi connectivity index (χ1v) is 5.19. The minimum absolute atomic E-state index is 0.233. The van der Waals surface area contributed by atoms with Crippen LogP contribution < -0.4 is 0 Å². The fraction of sp³-hybridized carbons (Fsp3) is 1.00. The van der Waals surface area contributed by atoms with E-state index >= 15 is 0 Å². The van der Waals surface area contributed by atoms with E-state index in [1.165, 1.54) is 0 Å². The molecule has 0 spiro atoms. The lowest BCUT2D eigenvalue weighted by Gasteiger charge is -2.21. The molecule has 0 saturated carbocycles. The van der Waals surface area contributed by atoms with Gasteiger partial charge >= 0.3 is 0 Å². The van der Waals surface area contributed by atoms with Gasteiger partial charge in [-0.3, -0.25) is 0 Å². The number of hydrogen-bond acceptors (Lipinski definition) is 3. The predicted molar refractivity (Wildman–Crippen MR) is 61.6 cm³/mol. The molecule has 1 unspecified atom stereocenters. The zero-order chi connectivity index (χ0) is 12.1. The lowest BCUT2D eigenvalue weighted by molar-refractivity contribution is 0.349. The number of hydrogen-bond donors (Lipinski definition) is 0. The minimum Gasteiger partial charge on any atom is -0.188 e. The molecule has 0 bridgehead atoms. The summed E-state index contributed by atoms with van der Waals surface area (Å²) in [5.74, 6) is 0.416. The van der Waals surface area contributed by atoms with Crippen molar-refractivity contribution in [3.8, 4) is 0 Å². The summed E-state index contributed by atoms with van der Waals surface area (Å²) in [7, 11) is 0. The van der Waals surface area contributed by atoms with E-state index in [1.54, 1.807) is 0 Å². The first-order valence-electron chi connectivity index (χ1n) is 5.19. The van der Waals surface area contributed by atoms with Gasteiger partial charge in [0, 0.05) is 4.91 Å². The summed E-state index contributed by atoms with van der Waals surface area (Å²) >= 11 is 0. The smallest absolute Gasteiger partial charge is 0.157 e. The molecule has 0 N–H and O–H groups in total. The van der Waals surface area contributed by atoms with Crippen LogP contribution in [0.3, 0.4) is 0 Å². The van der Waals surface area contributed by atoms with Crippen molar-refractivity contribution in [3.05, 3.63) is 10.4 Å². The summed E-state index contributed by atoms with van der Waals surface area (Å²) in [6, 6.07) is 0. The highest BCUT2D eigenvalue weighted by molar-refractivity contribution is 4.82. The van der Waals surface area contributed by atoms with Crippen molar-refractivity contribution in [3.63, 3.8) is 0 Å². The molecule has 0 amide bonds. The van der Waals surface area contributed by atoms with E-state index < -0.39 is 5.66 Å². The lowest BCUT2D eigenvalue weighted by atomic mass is 10.0. The summed E-state index contributed by atoms with van der Waals surface area (Å²) in [5, 5.41) is 12.0. The third kappa shape index (κ3) is 6.91. The fourth-order valence-electron chi connectivity index (χ4n) is 1.23. The van der Waals surface area contributed by atoms with Gasteiger partial charge in [0.1, 0.15) is 0 Å². The Morgan fingerprint density at radius 2 is 1.67 bits per heavy atom. The second kappa shape index (κ2) is 5.12. The van der Waals surface area contributed by atoms with Crippen molar-refractivity contribution in [2.45, 2.75) is 59.2 Å². The van der Waals surface area contributed by atoms with Crippen LogP contribution in [0.2, 0.25) is 0 Å². The maximum Gasteiger partial charge on any atom is 0.157 e. The molecule has 0 aromatic rings. The molecule has 0 aromatic heterocycles. The third-order valence-electron chi connectivity index (χ3n) is 1.62. The maximum atomic E-state index is 8.50. The summed E-state index contributed by atoms with van der Waals surface area (Å²) in [6.45, 7) is 11.8. The largest absolute Gasteiger partial charge is 0.188 e. The predicted octanol–water partition coefficient (Wildman–Crippen LogP) is 4.31. The highest BCUT2D eigenvalue weighted by atomic mass is 15.3. The Hall–Kier alpha value is -1.09. The fourth-order valence-corrected chi connectivity index (χ4v) is 1.23. The van der Waals surface area contributed by atoms with E-state index in [1.807, 2.05) is 27.7 Å². The van der Waals surface area contributed by atoms with Gasteiger partial charge in [-0.05, 0) is 45.6 Å². The highest BCUT2D eigenvalue weighted by Crippen LogP contribution is 2.24. The summed E-state index contributed by atoms with van der Waals surface area (Å²) < 4.78 is 0. The first kappa shape index (κ1) is 13.9. The lowest BCUT2D eigenvalue weighted by Crippen LogP contribution is -2.22. The Labute approximate surface area is 91.6 Å². The number of nitrogens with zero attached hydrogens (tertiary/aromatic N) is 5. The Balaban J connectivity index is 4.81. The molecule has 0 saturated heterocycles. The maximum absolute atomic E-state index is 8.50. The van der Waals surface area contributed by atoms with Crippen LogP contribution in [0.15, 0.2) is 15.3 Å². The Morgan fingerprint density at radius 3 is 2.00 bits per heavy atom. The van der Waals surface area contributed by atoms with Crippen molar-refractivity contribution in [2.24, 2.45) is 21.3 Å². The standard InChI is InChI=1S/C10H21N5/c1-8(2)7-10(6,14-15-11)13-12-9(3,4)5/h8H,7H2,1-6H3. The van der Waals surface area contributed by atoms with Crippen LogP contribution in [0.25, 0.3) is 10.4 Å². The second-order valence-electron chi connectivity index (χ2n) is 5.38. The van der Waals surface area contributed by atoms with Gasteiger partial charge in [0.2, 0.25) is 0 Å². The number of azo groups is 1. The molecule has 0 aromatic carbocycles. The second-order valence-corrected chi connectivity index (χ2v) is 5.38. The zero-order valence-corrected chi connectivity index (χ0v) is 10.5. The van der Waals surface area contributed by atoms with Crippen molar-refractivity contribution in [2.75, 3.05) is 0 Å². The SMILES string of the molecule is CC(C)CC(C)(N=NC(C)(C)C)N=[N+]=[N-]. The van der Waals surface area contributed by atoms with Crippen LogP contribution in [0.1, 0.15) is 48.0 Å². The average molecular weight is 211 g/mol.